The Labute approximate surface area is 136 Å². The minimum atomic E-state index is -1.13. The third kappa shape index (κ3) is 1.96. The third-order valence-electron chi connectivity index (χ3n) is 6.08. The van der Waals surface area contributed by atoms with Crippen LogP contribution >= 0.6 is 0 Å². The largest absolute Gasteiger partial charge is 0.448 e. The van der Waals surface area contributed by atoms with Crippen LogP contribution in [-0.4, -0.2) is 22.6 Å². The van der Waals surface area contributed by atoms with Gasteiger partial charge in [0.15, 0.2) is 5.60 Å². The van der Waals surface area contributed by atoms with Crippen molar-refractivity contribution in [3.05, 3.63) is 29.8 Å². The Morgan fingerprint density at radius 2 is 2.00 bits per heavy atom. The van der Waals surface area contributed by atoms with Gasteiger partial charge in [-0.15, -0.1) is 0 Å². The Kier molecular flexibility index (Phi) is 3.34. The van der Waals surface area contributed by atoms with E-state index in [1.165, 1.54) is 0 Å². The van der Waals surface area contributed by atoms with E-state index in [1.54, 1.807) is 31.2 Å². The van der Waals surface area contributed by atoms with Crippen molar-refractivity contribution in [2.75, 3.05) is 5.32 Å². The molecule has 1 saturated heterocycles. The molecule has 0 unspecified atom stereocenters. The first-order valence-electron chi connectivity index (χ1n) is 7.97. The summed E-state index contributed by atoms with van der Waals surface area (Å²) in [6.45, 7) is 7.41. The molecule has 1 saturated carbocycles. The Balaban J connectivity index is 1.90. The van der Waals surface area contributed by atoms with Crippen molar-refractivity contribution >= 4 is 17.6 Å². The van der Waals surface area contributed by atoms with Crippen LogP contribution in [0.4, 0.5) is 5.69 Å². The summed E-state index contributed by atoms with van der Waals surface area (Å²) in [6, 6.07) is 7.07. The number of aliphatic hydroxyl groups is 1. The van der Waals surface area contributed by atoms with Gasteiger partial charge >= 0.3 is 5.97 Å². The van der Waals surface area contributed by atoms with Crippen molar-refractivity contribution in [2.24, 2.45) is 10.8 Å². The Bertz CT molecular complexity index is 681. The van der Waals surface area contributed by atoms with Gasteiger partial charge < -0.3 is 15.2 Å². The van der Waals surface area contributed by atoms with Gasteiger partial charge in [-0.1, -0.05) is 26.0 Å². The smallest absolute Gasteiger partial charge is 0.313 e. The molecule has 2 N–H and O–H groups in total. The summed E-state index contributed by atoms with van der Waals surface area (Å²) in [7, 11) is 0. The molecule has 0 aromatic heterocycles. The SMILES string of the molecule is C[C@@H](O)c1cccc(NC(=O)[C@]23CC[C@](C)(C(=O)O2)C3(C)C)c1. The number of benzene rings is 1. The number of ether oxygens (including phenoxy) is 1. The molecule has 2 fully saturated rings. The van der Waals surface area contributed by atoms with Gasteiger partial charge in [0.05, 0.1) is 11.5 Å². The Morgan fingerprint density at radius 3 is 2.52 bits per heavy atom. The molecule has 1 amide bonds. The summed E-state index contributed by atoms with van der Waals surface area (Å²) in [4.78, 5) is 25.2. The number of hydrogen-bond donors (Lipinski definition) is 2. The second-order valence-corrected chi connectivity index (χ2v) is 7.43. The highest BCUT2D eigenvalue weighted by Gasteiger charge is 2.75. The second kappa shape index (κ2) is 4.81. The van der Waals surface area contributed by atoms with Gasteiger partial charge in [0, 0.05) is 11.1 Å². The van der Waals surface area contributed by atoms with E-state index < -0.39 is 22.5 Å². The second-order valence-electron chi connectivity index (χ2n) is 7.43. The van der Waals surface area contributed by atoms with Crippen LogP contribution in [0.5, 0.6) is 0 Å². The van der Waals surface area contributed by atoms with Crippen LogP contribution in [0.3, 0.4) is 0 Å². The predicted molar refractivity (Wildman–Crippen MR) is 85.7 cm³/mol. The highest BCUT2D eigenvalue weighted by molar-refractivity contribution is 6.03. The molecule has 1 aromatic carbocycles. The summed E-state index contributed by atoms with van der Waals surface area (Å²) in [5, 5.41) is 12.5. The number of aliphatic hydroxyl groups excluding tert-OH is 1. The summed E-state index contributed by atoms with van der Waals surface area (Å²) in [5.41, 5.74) is -0.997. The van der Waals surface area contributed by atoms with Crippen LogP contribution in [0.25, 0.3) is 0 Å². The zero-order valence-corrected chi connectivity index (χ0v) is 14.0. The quantitative estimate of drug-likeness (QED) is 0.841. The zero-order valence-electron chi connectivity index (χ0n) is 14.0. The van der Waals surface area contributed by atoms with Gasteiger partial charge in [-0.25, -0.2) is 0 Å². The van der Waals surface area contributed by atoms with Crippen LogP contribution in [0.1, 0.15) is 52.2 Å². The molecule has 124 valence electrons. The summed E-state index contributed by atoms with van der Waals surface area (Å²) >= 11 is 0. The average molecular weight is 317 g/mol. The van der Waals surface area contributed by atoms with Gasteiger partial charge in [0.25, 0.3) is 5.91 Å². The van der Waals surface area contributed by atoms with E-state index in [2.05, 4.69) is 5.32 Å². The van der Waals surface area contributed by atoms with Crippen molar-refractivity contribution in [2.45, 2.75) is 52.2 Å². The molecular formula is C18H23NO4. The van der Waals surface area contributed by atoms with E-state index in [0.717, 1.165) is 5.56 Å². The van der Waals surface area contributed by atoms with Crippen molar-refractivity contribution in [1.29, 1.82) is 0 Å². The topological polar surface area (TPSA) is 75.6 Å². The van der Waals surface area contributed by atoms with E-state index in [9.17, 15) is 14.7 Å². The minimum absolute atomic E-state index is 0.290. The van der Waals surface area contributed by atoms with Crippen LogP contribution in [0.15, 0.2) is 24.3 Å². The highest BCUT2D eigenvalue weighted by atomic mass is 16.6. The fraction of sp³-hybridized carbons (Fsp3) is 0.556. The first-order chi connectivity index (χ1) is 10.6. The van der Waals surface area contributed by atoms with Gasteiger partial charge in [-0.3, -0.25) is 9.59 Å². The van der Waals surface area contributed by atoms with Crippen LogP contribution in [0, 0.1) is 10.8 Å². The Morgan fingerprint density at radius 1 is 1.30 bits per heavy atom. The Hall–Kier alpha value is -1.88. The number of fused-ring (bicyclic) bond motifs is 2. The molecule has 1 aliphatic heterocycles. The fourth-order valence-corrected chi connectivity index (χ4v) is 3.86. The molecule has 3 rings (SSSR count). The molecule has 5 nitrogen and oxygen atoms in total. The third-order valence-corrected chi connectivity index (χ3v) is 6.08. The van der Waals surface area contributed by atoms with Crippen molar-refractivity contribution in [1.82, 2.24) is 0 Å². The van der Waals surface area contributed by atoms with Crippen molar-refractivity contribution in [3.63, 3.8) is 0 Å². The van der Waals surface area contributed by atoms with Gasteiger partial charge in [0.1, 0.15) is 0 Å². The lowest BCUT2D eigenvalue weighted by molar-refractivity contribution is -0.165. The lowest BCUT2D eigenvalue weighted by Gasteiger charge is -2.35. The summed E-state index contributed by atoms with van der Waals surface area (Å²) < 4.78 is 5.58. The molecule has 0 spiro atoms. The lowest BCUT2D eigenvalue weighted by Crippen LogP contribution is -2.50. The van der Waals surface area contributed by atoms with Gasteiger partial charge in [-0.05, 0) is 44.4 Å². The van der Waals surface area contributed by atoms with Crippen molar-refractivity contribution in [3.8, 4) is 0 Å². The number of carbonyl (C=O) groups is 2. The number of nitrogens with one attached hydrogen (secondary N) is 1. The van der Waals surface area contributed by atoms with E-state index in [4.69, 9.17) is 4.74 Å². The van der Waals surface area contributed by atoms with Crippen LogP contribution in [-0.2, 0) is 14.3 Å². The lowest BCUT2D eigenvalue weighted by atomic mass is 9.66. The van der Waals surface area contributed by atoms with Crippen LogP contribution in [0.2, 0.25) is 0 Å². The number of anilines is 1. The predicted octanol–water partition coefficient (Wildman–Crippen LogP) is 2.80. The molecule has 0 radical (unpaired) electrons. The minimum Gasteiger partial charge on any atom is -0.448 e. The molecule has 3 atom stereocenters. The van der Waals surface area contributed by atoms with E-state index in [-0.39, 0.29) is 11.9 Å². The first-order valence-corrected chi connectivity index (χ1v) is 7.97. The highest BCUT2D eigenvalue weighted by Crippen LogP contribution is 2.65. The maximum atomic E-state index is 12.9. The fourth-order valence-electron chi connectivity index (χ4n) is 3.86. The monoisotopic (exact) mass is 317 g/mol. The van der Waals surface area contributed by atoms with Crippen molar-refractivity contribution < 1.29 is 19.4 Å². The summed E-state index contributed by atoms with van der Waals surface area (Å²) in [6.07, 6.45) is 0.574. The van der Waals surface area contributed by atoms with E-state index >= 15 is 0 Å². The molecule has 23 heavy (non-hydrogen) atoms. The maximum absolute atomic E-state index is 12.9. The van der Waals surface area contributed by atoms with Gasteiger partial charge in [0.2, 0.25) is 0 Å². The number of carbonyl (C=O) groups excluding carboxylic acids is 2. The molecule has 2 aliphatic rings. The van der Waals surface area contributed by atoms with Gasteiger partial charge in [-0.2, -0.15) is 0 Å². The number of amides is 1. The molecular weight excluding hydrogens is 294 g/mol. The van der Waals surface area contributed by atoms with E-state index in [0.29, 0.717) is 18.5 Å². The maximum Gasteiger partial charge on any atom is 0.313 e. The first kappa shape index (κ1) is 16.0. The van der Waals surface area contributed by atoms with Crippen LogP contribution < -0.4 is 5.32 Å². The standard InChI is InChI=1S/C18H23NO4/c1-11(20)12-6-5-7-13(10-12)19-14(21)18-9-8-17(4,15(22)23-18)16(18,2)3/h5-7,10-11,20H,8-9H2,1-4H3,(H,19,21)/t11-,17-,18+/m1/s1. The molecule has 1 heterocycles. The number of rotatable bonds is 3. The normalized spacial score (nSPS) is 32.5. The molecule has 5 heteroatoms. The van der Waals surface area contributed by atoms with E-state index in [1.807, 2.05) is 20.8 Å². The number of esters is 1. The molecule has 2 bridgehead atoms. The summed E-state index contributed by atoms with van der Waals surface area (Å²) in [5.74, 6) is -0.582. The molecule has 1 aromatic rings. The molecule has 1 aliphatic carbocycles. The zero-order chi connectivity index (χ0) is 17.0. The number of hydrogen-bond acceptors (Lipinski definition) is 4. The average Bonchev–Trinajstić information content (AvgIpc) is 2.78.